The fourth-order valence-electron chi connectivity index (χ4n) is 7.71. The number of nitrogens with two attached hydrogens (primary N) is 1. The largest absolute Gasteiger partial charge is 0.481 e. The molecule has 340 valence electrons. The number of likely N-dealkylation sites (tertiary alicyclic amines) is 1. The van der Waals surface area contributed by atoms with E-state index >= 15 is 0 Å². The predicted octanol–water partition coefficient (Wildman–Crippen LogP) is -2.87. The molecule has 3 amide bonds. The highest BCUT2D eigenvalue weighted by Crippen LogP contribution is 2.41. The van der Waals surface area contributed by atoms with Crippen LogP contribution in [0.5, 0.6) is 0 Å². The molecule has 23 nitrogen and oxygen atoms in total. The van der Waals surface area contributed by atoms with E-state index in [9.17, 15) is 49.5 Å². The number of unbranched alkanes of at least 4 members (excludes halogenated alkanes) is 2. The van der Waals surface area contributed by atoms with Crippen molar-refractivity contribution in [1.82, 2.24) is 24.8 Å². The molecule has 4 aliphatic rings. The number of fused-ring (bicyclic) bond motifs is 1. The zero-order chi connectivity index (χ0) is 44.5. The monoisotopic (exact) mass is 868 g/mol. The van der Waals surface area contributed by atoms with E-state index < -0.39 is 97.3 Å². The lowest BCUT2D eigenvalue weighted by atomic mass is 9.89. The molecular weight excluding hydrogens is 812 g/mol. The molecule has 0 saturated carbocycles. The lowest BCUT2D eigenvalue weighted by molar-refractivity contribution is -0.337. The maximum Gasteiger partial charge on any atom is 0.335 e. The highest BCUT2D eigenvalue weighted by atomic mass is 16.7. The van der Waals surface area contributed by atoms with E-state index in [2.05, 4.69) is 23.5 Å². The molecule has 5 rings (SSSR count). The van der Waals surface area contributed by atoms with E-state index in [4.69, 9.17) is 39.3 Å². The minimum atomic E-state index is -1.84. The molecule has 4 saturated heterocycles. The van der Waals surface area contributed by atoms with Crippen LogP contribution in [0, 0.1) is 11.8 Å². The van der Waals surface area contributed by atoms with Gasteiger partial charge in [0.25, 0.3) is 0 Å². The van der Waals surface area contributed by atoms with Crippen LogP contribution in [-0.2, 0) is 65.5 Å². The number of nitrogens with zero attached hydrogens (tertiary/aromatic N) is 5. The first-order valence-corrected chi connectivity index (χ1v) is 20.1. The quantitative estimate of drug-likeness (QED) is 0.0330. The van der Waals surface area contributed by atoms with E-state index in [-0.39, 0.29) is 76.6 Å². The first kappa shape index (κ1) is 47.8. The molecule has 23 heteroatoms. The van der Waals surface area contributed by atoms with Gasteiger partial charge in [0.2, 0.25) is 17.7 Å². The Morgan fingerprint density at radius 3 is 2.20 bits per heavy atom. The molecule has 0 aromatic carbocycles. The summed E-state index contributed by atoms with van der Waals surface area (Å²) in [6.45, 7) is 9.50. The number of aromatic nitrogens is 3. The number of carboxylic acid groups (broad SMARTS) is 2. The first-order chi connectivity index (χ1) is 29.1. The van der Waals surface area contributed by atoms with Crippen molar-refractivity contribution in [3.8, 4) is 0 Å². The molecular formula is C38H56N6O17. The summed E-state index contributed by atoms with van der Waals surface area (Å²) >= 11 is 0. The Kier molecular flexibility index (Phi) is 17.0. The van der Waals surface area contributed by atoms with E-state index in [0.717, 1.165) is 0 Å². The molecule has 0 aliphatic carbocycles. The zero-order valence-electron chi connectivity index (χ0n) is 33.7. The summed E-state index contributed by atoms with van der Waals surface area (Å²) in [6.07, 6.45) is -9.39. The van der Waals surface area contributed by atoms with Gasteiger partial charge in [0.05, 0.1) is 81.7 Å². The van der Waals surface area contributed by atoms with E-state index in [1.807, 2.05) is 0 Å². The van der Waals surface area contributed by atoms with Gasteiger partial charge in [0.1, 0.15) is 36.2 Å². The summed E-state index contributed by atoms with van der Waals surface area (Å²) in [5.74, 6) is -4.93. The summed E-state index contributed by atoms with van der Waals surface area (Å²) < 4.78 is 34.7. The number of carbonyl (C=O) groups is 5. The van der Waals surface area contributed by atoms with Crippen LogP contribution in [0.25, 0.3) is 0 Å². The summed E-state index contributed by atoms with van der Waals surface area (Å²) in [6, 6.07) is -1.30. The van der Waals surface area contributed by atoms with Gasteiger partial charge in [0.15, 0.2) is 18.7 Å². The zero-order valence-corrected chi connectivity index (χ0v) is 33.7. The summed E-state index contributed by atoms with van der Waals surface area (Å²) in [5.41, 5.74) is 6.32. The van der Waals surface area contributed by atoms with Crippen molar-refractivity contribution in [2.75, 3.05) is 32.9 Å². The van der Waals surface area contributed by atoms with Crippen LogP contribution in [0.4, 0.5) is 0 Å². The Bertz CT molecular complexity index is 1680. The second-order valence-corrected chi connectivity index (χ2v) is 15.3. The van der Waals surface area contributed by atoms with Crippen LogP contribution in [0.15, 0.2) is 31.5 Å². The number of imide groups is 1. The van der Waals surface area contributed by atoms with Crippen LogP contribution in [0.1, 0.15) is 44.7 Å². The number of rotatable bonds is 23. The average molecular weight is 869 g/mol. The number of carbonyl (C=O) groups excluding carboxylic acids is 3. The third kappa shape index (κ3) is 11.4. The van der Waals surface area contributed by atoms with E-state index in [1.54, 1.807) is 6.20 Å². The Hall–Kier alpha value is -4.27. The van der Waals surface area contributed by atoms with Gasteiger partial charge in [-0.2, -0.15) is 0 Å². The molecule has 4 fully saturated rings. The van der Waals surface area contributed by atoms with Gasteiger partial charge in [-0.1, -0.05) is 17.4 Å². The van der Waals surface area contributed by atoms with Gasteiger partial charge < -0.3 is 69.7 Å². The molecule has 0 radical (unpaired) electrons. The topological polar surface area (TPSA) is 325 Å². The van der Waals surface area contributed by atoms with E-state index in [1.165, 1.54) is 33.6 Å². The highest BCUT2D eigenvalue weighted by Gasteiger charge is 2.58. The Morgan fingerprint density at radius 1 is 0.869 bits per heavy atom. The number of aliphatic hydroxyl groups is 4. The van der Waals surface area contributed by atoms with Crippen LogP contribution in [-0.4, -0.2) is 192 Å². The van der Waals surface area contributed by atoms with Crippen LogP contribution in [0.2, 0.25) is 0 Å². The lowest BCUT2D eigenvalue weighted by Gasteiger charge is -2.45. The number of aliphatic hydroxyl groups excluding tert-OH is 4. The third-order valence-corrected chi connectivity index (χ3v) is 11.1. The summed E-state index contributed by atoms with van der Waals surface area (Å²) in [4.78, 5) is 65.1. The number of hydrogen-bond acceptors (Lipinski definition) is 18. The van der Waals surface area contributed by atoms with Crippen molar-refractivity contribution >= 4 is 29.7 Å². The normalized spacial score (nSPS) is 33.7. The molecule has 1 aromatic heterocycles. The average Bonchev–Trinajstić information content (AvgIpc) is 3.92. The Labute approximate surface area is 350 Å². The van der Waals surface area contributed by atoms with Gasteiger partial charge in [-0.25, -0.2) is 9.48 Å². The smallest absolute Gasteiger partial charge is 0.335 e. The van der Waals surface area contributed by atoms with Crippen molar-refractivity contribution in [3.63, 3.8) is 0 Å². The molecule has 14 atom stereocenters. The van der Waals surface area contributed by atoms with Crippen molar-refractivity contribution in [2.45, 2.75) is 126 Å². The Morgan fingerprint density at radius 2 is 1.56 bits per heavy atom. The fourth-order valence-corrected chi connectivity index (χ4v) is 7.71. The SMILES string of the molecule is C=C[C@@H]1O[C@H](C=C)[C@@H]2C(=O)N(CCCCCN(Cc3cn(CCOCCO[C@@H]4OC(C(=O)O)[C@@H](O[C@H]5OC(C)[C@@H](O)[C@H](O)C5N)[C@H](O)C4O)nn3)C(=O)CCC(=O)O)C(=O)[C@@H]21. The molecule has 0 spiro atoms. The van der Waals surface area contributed by atoms with Gasteiger partial charge in [0, 0.05) is 19.5 Å². The van der Waals surface area contributed by atoms with Crippen LogP contribution >= 0.6 is 0 Å². The van der Waals surface area contributed by atoms with Crippen molar-refractivity contribution < 1.29 is 83.0 Å². The van der Waals surface area contributed by atoms with Crippen molar-refractivity contribution in [3.05, 3.63) is 37.2 Å². The molecule has 4 aliphatic heterocycles. The Balaban J connectivity index is 1.03. The lowest BCUT2D eigenvalue weighted by Crippen LogP contribution is -2.66. The number of hydrogen-bond donors (Lipinski definition) is 7. The second-order valence-electron chi connectivity index (χ2n) is 15.3. The maximum atomic E-state index is 13.1. The van der Waals surface area contributed by atoms with Gasteiger partial charge in [-0.05, 0) is 26.2 Å². The van der Waals surface area contributed by atoms with Crippen LogP contribution < -0.4 is 5.73 Å². The molecule has 5 heterocycles. The highest BCUT2D eigenvalue weighted by molar-refractivity contribution is 6.06. The van der Waals surface area contributed by atoms with Gasteiger partial charge >= 0.3 is 11.9 Å². The molecule has 1 aromatic rings. The fraction of sp³-hybridized carbons (Fsp3) is 0.711. The number of carboxylic acids is 2. The summed E-state index contributed by atoms with van der Waals surface area (Å²) in [5, 5.41) is 68.7. The number of ether oxygens (including phenoxy) is 6. The molecule has 0 bridgehead atoms. The third-order valence-electron chi connectivity index (χ3n) is 11.1. The second kappa shape index (κ2) is 21.7. The first-order valence-electron chi connectivity index (χ1n) is 20.1. The molecule has 8 N–H and O–H groups in total. The standard InChI is InChI=1S/C38H56N6O17/c1-4-21-25-26(22(5-2)59-21)35(53)44(34(25)52)12-8-6-7-11-42(23(45)9-10-24(46)47)17-20-18-43(41-40-20)13-14-56-15-16-57-38-31(51)30(50)32(33(61-38)36(54)55)60-37-27(39)29(49)28(48)19(3)58-37/h4-5,18-19,21-22,25-33,37-38,48-51H,1-2,6-17,39H2,3H3,(H,46,47)(H,54,55)/t19?,21-,22+,25+,26-,27?,28-,29-,30-,31?,32+,33?,37-,38-/m1/s1. The molecule has 4 unspecified atom stereocenters. The van der Waals surface area contributed by atoms with Crippen LogP contribution in [0.3, 0.4) is 0 Å². The predicted molar refractivity (Wildman–Crippen MR) is 203 cm³/mol. The minimum absolute atomic E-state index is 0.0447. The van der Waals surface area contributed by atoms with Crippen molar-refractivity contribution in [2.24, 2.45) is 17.6 Å². The number of aliphatic carboxylic acids is 2. The van der Waals surface area contributed by atoms with E-state index in [0.29, 0.717) is 25.0 Å². The minimum Gasteiger partial charge on any atom is -0.481 e. The van der Waals surface area contributed by atoms with Crippen molar-refractivity contribution in [1.29, 1.82) is 0 Å². The van der Waals surface area contributed by atoms with Gasteiger partial charge in [-0.15, -0.1) is 18.3 Å². The maximum absolute atomic E-state index is 13.1. The summed E-state index contributed by atoms with van der Waals surface area (Å²) in [7, 11) is 0. The number of amides is 3. The molecule has 61 heavy (non-hydrogen) atoms. The van der Waals surface area contributed by atoms with Gasteiger partial charge in [-0.3, -0.25) is 24.1 Å².